The fourth-order valence-corrected chi connectivity index (χ4v) is 4.05. The van der Waals surface area contributed by atoms with Crippen LogP contribution in [0.25, 0.3) is 0 Å². The number of amides is 2. The number of para-hydroxylation sites is 2. The molecule has 2 aliphatic rings. The highest BCUT2D eigenvalue weighted by atomic mass is 16.5. The summed E-state index contributed by atoms with van der Waals surface area (Å²) in [5.74, 6) is 1.45. The number of benzene rings is 2. The molecule has 8 nitrogen and oxygen atoms in total. The highest BCUT2D eigenvalue weighted by Gasteiger charge is 2.30. The van der Waals surface area contributed by atoms with Gasteiger partial charge in [-0.2, -0.15) is 0 Å². The Morgan fingerprint density at radius 2 is 1.97 bits per heavy atom. The van der Waals surface area contributed by atoms with Gasteiger partial charge in [0.05, 0.1) is 26.0 Å². The number of methoxy groups -OCH3 is 2. The summed E-state index contributed by atoms with van der Waals surface area (Å²) in [6, 6.07) is 12.9. The topological polar surface area (TPSA) is 77.5 Å². The van der Waals surface area contributed by atoms with Crippen molar-refractivity contribution in [2.75, 3.05) is 45.4 Å². The van der Waals surface area contributed by atoms with Crippen molar-refractivity contribution >= 4 is 17.5 Å². The molecule has 2 heterocycles. The number of hydrogen-bond acceptors (Lipinski definition) is 6. The lowest BCUT2D eigenvalue weighted by atomic mass is 10.1. The number of anilines is 1. The van der Waals surface area contributed by atoms with Crippen LogP contribution in [0.4, 0.5) is 5.69 Å². The van der Waals surface area contributed by atoms with E-state index >= 15 is 0 Å². The molecule has 2 aliphatic heterocycles. The van der Waals surface area contributed by atoms with Gasteiger partial charge < -0.3 is 23.8 Å². The first-order valence-electron chi connectivity index (χ1n) is 10.7. The third-order valence-corrected chi connectivity index (χ3v) is 5.72. The first-order chi connectivity index (χ1) is 15.6. The van der Waals surface area contributed by atoms with Gasteiger partial charge >= 0.3 is 0 Å². The van der Waals surface area contributed by atoms with Crippen LogP contribution in [0.5, 0.6) is 17.2 Å². The molecular formula is C24H28N2O6. The van der Waals surface area contributed by atoms with Gasteiger partial charge in [-0.05, 0) is 42.7 Å². The lowest BCUT2D eigenvalue weighted by Crippen LogP contribution is -2.47. The minimum absolute atomic E-state index is 0.00762. The number of fused-ring (bicyclic) bond motifs is 1. The molecule has 0 bridgehead atoms. The Hall–Kier alpha value is -3.26. The van der Waals surface area contributed by atoms with Gasteiger partial charge in [0.15, 0.2) is 18.1 Å². The average molecular weight is 440 g/mol. The predicted molar refractivity (Wildman–Crippen MR) is 118 cm³/mol. The molecule has 1 fully saturated rings. The molecule has 8 heteroatoms. The van der Waals surface area contributed by atoms with Crippen LogP contribution in [-0.4, -0.2) is 63.3 Å². The summed E-state index contributed by atoms with van der Waals surface area (Å²) in [5.41, 5.74) is 1.52. The van der Waals surface area contributed by atoms with Gasteiger partial charge in [-0.3, -0.25) is 14.5 Å². The zero-order chi connectivity index (χ0) is 22.5. The molecule has 32 heavy (non-hydrogen) atoms. The van der Waals surface area contributed by atoms with E-state index < -0.39 is 0 Å². The summed E-state index contributed by atoms with van der Waals surface area (Å²) in [6.45, 7) is 1.41. The molecule has 4 rings (SSSR count). The third-order valence-electron chi connectivity index (χ3n) is 5.72. The van der Waals surface area contributed by atoms with Crippen LogP contribution in [0.15, 0.2) is 42.5 Å². The maximum absolute atomic E-state index is 13.4. The maximum atomic E-state index is 13.4. The number of nitrogens with zero attached hydrogens (tertiary/aromatic N) is 2. The van der Waals surface area contributed by atoms with E-state index in [2.05, 4.69) is 0 Å². The Morgan fingerprint density at radius 3 is 2.72 bits per heavy atom. The second-order valence-corrected chi connectivity index (χ2v) is 7.83. The number of carbonyl (C=O) groups excluding carboxylic acids is 2. The van der Waals surface area contributed by atoms with Crippen LogP contribution < -0.4 is 19.1 Å². The molecule has 2 aromatic rings. The minimum atomic E-state index is -0.236. The second kappa shape index (κ2) is 9.91. The van der Waals surface area contributed by atoms with E-state index in [0.29, 0.717) is 42.6 Å². The van der Waals surface area contributed by atoms with Crippen molar-refractivity contribution in [2.45, 2.75) is 25.5 Å². The van der Waals surface area contributed by atoms with E-state index in [0.717, 1.165) is 18.4 Å². The standard InChI is InChI=1S/C24H28N2O6/c1-29-21-10-9-17(12-22(21)30-2)13-25(14-18-6-5-11-31-18)23(27)15-26-19-7-3-4-8-20(19)32-16-24(26)28/h3-4,7-10,12,18H,5-6,11,13-16H2,1-2H3/t18-/m0/s1. The van der Waals surface area contributed by atoms with Gasteiger partial charge in [0.1, 0.15) is 12.3 Å². The zero-order valence-electron chi connectivity index (χ0n) is 18.4. The van der Waals surface area contributed by atoms with Crippen LogP contribution in [0.2, 0.25) is 0 Å². The van der Waals surface area contributed by atoms with Crippen LogP contribution in [0, 0.1) is 0 Å². The Morgan fingerprint density at radius 1 is 1.16 bits per heavy atom. The molecule has 0 radical (unpaired) electrons. The Bertz CT molecular complexity index is 973. The molecule has 1 saturated heterocycles. The highest BCUT2D eigenvalue weighted by Crippen LogP contribution is 2.32. The van der Waals surface area contributed by atoms with Gasteiger partial charge in [-0.1, -0.05) is 18.2 Å². The third kappa shape index (κ3) is 4.80. The van der Waals surface area contributed by atoms with Crippen molar-refractivity contribution in [3.8, 4) is 17.2 Å². The lowest BCUT2D eigenvalue weighted by Gasteiger charge is -2.32. The maximum Gasteiger partial charge on any atom is 0.265 e. The number of carbonyl (C=O) groups is 2. The summed E-state index contributed by atoms with van der Waals surface area (Å²) in [7, 11) is 3.17. The highest BCUT2D eigenvalue weighted by molar-refractivity contribution is 6.02. The summed E-state index contributed by atoms with van der Waals surface area (Å²) >= 11 is 0. The first-order valence-corrected chi connectivity index (χ1v) is 10.7. The zero-order valence-corrected chi connectivity index (χ0v) is 18.4. The summed E-state index contributed by atoms with van der Waals surface area (Å²) in [6.07, 6.45) is 1.89. The van der Waals surface area contributed by atoms with Gasteiger partial charge in [-0.15, -0.1) is 0 Å². The van der Waals surface area contributed by atoms with E-state index in [1.165, 1.54) is 4.90 Å². The fourth-order valence-electron chi connectivity index (χ4n) is 4.05. The van der Waals surface area contributed by atoms with Crippen molar-refractivity contribution in [3.05, 3.63) is 48.0 Å². The van der Waals surface area contributed by atoms with Crippen LogP contribution in [0.1, 0.15) is 18.4 Å². The SMILES string of the molecule is COc1ccc(CN(C[C@@H]2CCCO2)C(=O)CN2C(=O)COc3ccccc32)cc1OC. The molecule has 0 aromatic heterocycles. The quantitative estimate of drug-likeness (QED) is 0.628. The molecular weight excluding hydrogens is 412 g/mol. The summed E-state index contributed by atoms with van der Waals surface area (Å²) < 4.78 is 22.0. The monoisotopic (exact) mass is 440 g/mol. The predicted octanol–water partition coefficient (Wildman–Crippen LogP) is 2.64. The average Bonchev–Trinajstić information content (AvgIpc) is 3.33. The van der Waals surface area contributed by atoms with E-state index in [4.69, 9.17) is 18.9 Å². The molecule has 2 amide bonds. The number of rotatable bonds is 8. The molecule has 0 spiro atoms. The van der Waals surface area contributed by atoms with Crippen molar-refractivity contribution in [2.24, 2.45) is 0 Å². The summed E-state index contributed by atoms with van der Waals surface area (Å²) in [5, 5.41) is 0. The number of hydrogen-bond donors (Lipinski definition) is 0. The van der Waals surface area contributed by atoms with Gasteiger partial charge in [-0.25, -0.2) is 0 Å². The van der Waals surface area contributed by atoms with Crippen molar-refractivity contribution < 1.29 is 28.5 Å². The van der Waals surface area contributed by atoms with Gasteiger partial charge in [0.2, 0.25) is 5.91 Å². The normalized spacial score (nSPS) is 17.5. The van der Waals surface area contributed by atoms with E-state index in [-0.39, 0.29) is 31.1 Å². The molecule has 0 unspecified atom stereocenters. The van der Waals surface area contributed by atoms with Crippen LogP contribution >= 0.6 is 0 Å². The largest absolute Gasteiger partial charge is 0.493 e. The fraction of sp³-hybridized carbons (Fsp3) is 0.417. The van der Waals surface area contributed by atoms with E-state index in [1.807, 2.05) is 30.3 Å². The molecule has 0 aliphatic carbocycles. The van der Waals surface area contributed by atoms with Crippen LogP contribution in [0.3, 0.4) is 0 Å². The number of ether oxygens (including phenoxy) is 4. The van der Waals surface area contributed by atoms with E-state index in [9.17, 15) is 9.59 Å². The molecule has 0 saturated carbocycles. The Balaban J connectivity index is 1.55. The molecule has 170 valence electrons. The Kier molecular flexibility index (Phi) is 6.80. The summed E-state index contributed by atoms with van der Waals surface area (Å²) in [4.78, 5) is 29.2. The van der Waals surface area contributed by atoms with Crippen molar-refractivity contribution in [1.82, 2.24) is 4.90 Å². The second-order valence-electron chi connectivity index (χ2n) is 7.83. The molecule has 1 atom stereocenters. The molecule has 2 aromatic carbocycles. The Labute approximate surface area is 187 Å². The van der Waals surface area contributed by atoms with Gasteiger partial charge in [0, 0.05) is 19.7 Å². The van der Waals surface area contributed by atoms with Crippen molar-refractivity contribution in [1.29, 1.82) is 0 Å². The van der Waals surface area contributed by atoms with Crippen LogP contribution in [-0.2, 0) is 20.9 Å². The van der Waals surface area contributed by atoms with Gasteiger partial charge in [0.25, 0.3) is 5.91 Å². The lowest BCUT2D eigenvalue weighted by molar-refractivity contribution is -0.133. The van der Waals surface area contributed by atoms with E-state index in [1.54, 1.807) is 31.3 Å². The van der Waals surface area contributed by atoms with Crippen molar-refractivity contribution in [3.63, 3.8) is 0 Å². The smallest absolute Gasteiger partial charge is 0.265 e. The minimum Gasteiger partial charge on any atom is -0.493 e. The molecule has 0 N–H and O–H groups in total. The first kappa shape index (κ1) is 22.0.